The first-order valence-corrected chi connectivity index (χ1v) is 13.1. The van der Waals surface area contributed by atoms with Gasteiger partial charge in [-0.15, -0.1) is 0 Å². The van der Waals surface area contributed by atoms with Crippen LogP contribution in [0.15, 0.2) is 53.4 Å². The number of rotatable bonds is 9. The highest BCUT2D eigenvalue weighted by atomic mass is 32.2. The topological polar surface area (TPSA) is 75.7 Å². The number of piperidine rings is 1. The zero-order chi connectivity index (χ0) is 24.1. The maximum Gasteiger partial charge on any atom is 0.243 e. The third kappa shape index (κ3) is 6.58. The van der Waals surface area contributed by atoms with Crippen molar-refractivity contribution >= 4 is 15.9 Å². The molecule has 2 aromatic carbocycles. The van der Waals surface area contributed by atoms with Crippen molar-refractivity contribution in [1.82, 2.24) is 9.62 Å². The number of ether oxygens (including phenoxy) is 1. The minimum absolute atomic E-state index is 0.00908. The predicted molar refractivity (Wildman–Crippen MR) is 131 cm³/mol. The van der Waals surface area contributed by atoms with E-state index in [2.05, 4.69) is 17.4 Å². The summed E-state index contributed by atoms with van der Waals surface area (Å²) in [5.74, 6) is 0.910. The maximum absolute atomic E-state index is 12.9. The normalized spacial score (nSPS) is 15.9. The summed E-state index contributed by atoms with van der Waals surface area (Å²) in [6.07, 6.45) is 2.72. The fourth-order valence-corrected chi connectivity index (χ4v) is 5.53. The van der Waals surface area contributed by atoms with Gasteiger partial charge in [0.15, 0.2) is 0 Å². The van der Waals surface area contributed by atoms with E-state index in [-0.39, 0.29) is 11.9 Å². The van der Waals surface area contributed by atoms with Gasteiger partial charge in [0, 0.05) is 24.5 Å². The number of nitrogens with one attached hydrogen (secondary N) is 1. The SMILES string of the molecule is Cc1ccc(C)c(OCCCC(C)(C)C(=O)NC2CCN(S(=O)(=O)c3ccccc3)CC2)c1. The van der Waals surface area contributed by atoms with Crippen LogP contribution in [0, 0.1) is 19.3 Å². The summed E-state index contributed by atoms with van der Waals surface area (Å²) in [6.45, 7) is 9.36. The summed E-state index contributed by atoms with van der Waals surface area (Å²) in [5.41, 5.74) is 1.76. The van der Waals surface area contributed by atoms with Crippen LogP contribution in [0.25, 0.3) is 0 Å². The molecule has 1 aliphatic rings. The van der Waals surface area contributed by atoms with Crippen LogP contribution < -0.4 is 10.1 Å². The van der Waals surface area contributed by atoms with Crippen molar-refractivity contribution < 1.29 is 17.9 Å². The molecule has 3 rings (SSSR count). The number of hydrogen-bond acceptors (Lipinski definition) is 4. The lowest BCUT2D eigenvalue weighted by Crippen LogP contribution is -2.49. The molecule has 0 saturated carbocycles. The van der Waals surface area contributed by atoms with Crippen molar-refractivity contribution in [2.45, 2.75) is 64.3 Å². The molecule has 6 nitrogen and oxygen atoms in total. The summed E-state index contributed by atoms with van der Waals surface area (Å²) in [4.78, 5) is 13.2. The summed E-state index contributed by atoms with van der Waals surface area (Å²) in [6, 6.07) is 14.7. The highest BCUT2D eigenvalue weighted by Crippen LogP contribution is 2.26. The zero-order valence-electron chi connectivity index (χ0n) is 20.1. The first kappa shape index (κ1) is 25.2. The second kappa shape index (κ2) is 10.7. The molecule has 33 heavy (non-hydrogen) atoms. The number of carbonyl (C=O) groups excluding carboxylic acids is 1. The third-order valence-electron chi connectivity index (χ3n) is 6.33. The maximum atomic E-state index is 12.9. The van der Waals surface area contributed by atoms with Gasteiger partial charge >= 0.3 is 0 Å². The second-order valence-corrected chi connectivity index (χ2v) is 11.5. The minimum Gasteiger partial charge on any atom is -0.493 e. The molecule has 7 heteroatoms. The van der Waals surface area contributed by atoms with Gasteiger partial charge in [0.25, 0.3) is 0 Å². The van der Waals surface area contributed by atoms with Crippen LogP contribution in [0.1, 0.15) is 50.7 Å². The summed E-state index contributed by atoms with van der Waals surface area (Å²) >= 11 is 0. The number of carbonyl (C=O) groups is 1. The second-order valence-electron chi connectivity index (χ2n) is 9.57. The van der Waals surface area contributed by atoms with Crippen LogP contribution in [-0.2, 0) is 14.8 Å². The number of hydrogen-bond donors (Lipinski definition) is 1. The lowest BCUT2D eigenvalue weighted by Gasteiger charge is -2.33. The molecule has 0 aliphatic carbocycles. The van der Waals surface area contributed by atoms with E-state index in [4.69, 9.17) is 4.74 Å². The summed E-state index contributed by atoms with van der Waals surface area (Å²) in [5, 5.41) is 3.14. The molecular weight excluding hydrogens is 436 g/mol. The predicted octanol–water partition coefficient (Wildman–Crippen LogP) is 4.46. The monoisotopic (exact) mass is 472 g/mol. The van der Waals surface area contributed by atoms with Crippen LogP contribution in [-0.4, -0.2) is 44.4 Å². The summed E-state index contributed by atoms with van der Waals surface area (Å²) < 4.78 is 33.0. The highest BCUT2D eigenvalue weighted by molar-refractivity contribution is 7.89. The molecule has 1 saturated heterocycles. The molecule has 0 atom stereocenters. The van der Waals surface area contributed by atoms with Gasteiger partial charge in [-0.25, -0.2) is 8.42 Å². The minimum atomic E-state index is -3.48. The van der Waals surface area contributed by atoms with Crippen LogP contribution in [0.3, 0.4) is 0 Å². The number of benzene rings is 2. The molecule has 1 heterocycles. The molecule has 1 amide bonds. The Hall–Kier alpha value is -2.38. The number of aryl methyl sites for hydroxylation is 2. The Morgan fingerprint density at radius 2 is 1.76 bits per heavy atom. The molecule has 2 aromatic rings. The smallest absolute Gasteiger partial charge is 0.243 e. The van der Waals surface area contributed by atoms with Crippen molar-refractivity contribution in [3.8, 4) is 5.75 Å². The van der Waals surface area contributed by atoms with Gasteiger partial charge in [-0.1, -0.05) is 44.2 Å². The quantitative estimate of drug-likeness (QED) is 0.547. The van der Waals surface area contributed by atoms with Gasteiger partial charge in [0.1, 0.15) is 5.75 Å². The standard InChI is InChI=1S/C26H36N2O4S/c1-20-11-12-21(2)24(19-20)32-18-8-15-26(3,4)25(29)27-22-13-16-28(17-14-22)33(30,31)23-9-6-5-7-10-23/h5-7,9-12,19,22H,8,13-18H2,1-4H3,(H,27,29). The Labute approximate surface area is 198 Å². The van der Waals surface area contributed by atoms with Crippen molar-refractivity contribution in [2.75, 3.05) is 19.7 Å². The molecular formula is C26H36N2O4S. The van der Waals surface area contributed by atoms with Crippen molar-refractivity contribution in [2.24, 2.45) is 5.41 Å². The van der Waals surface area contributed by atoms with Gasteiger partial charge < -0.3 is 10.1 Å². The van der Waals surface area contributed by atoms with Crippen LogP contribution in [0.4, 0.5) is 0 Å². The van der Waals surface area contributed by atoms with Crippen LogP contribution in [0.5, 0.6) is 5.75 Å². The highest BCUT2D eigenvalue weighted by Gasteiger charge is 2.33. The zero-order valence-corrected chi connectivity index (χ0v) is 21.0. The van der Waals surface area contributed by atoms with Gasteiger partial charge in [-0.3, -0.25) is 4.79 Å². The Kier molecular flexibility index (Phi) is 8.19. The van der Waals surface area contributed by atoms with Gasteiger partial charge in [-0.2, -0.15) is 4.31 Å². The Morgan fingerprint density at radius 1 is 1.09 bits per heavy atom. The van der Waals surface area contributed by atoms with E-state index in [0.29, 0.717) is 43.9 Å². The lowest BCUT2D eigenvalue weighted by atomic mass is 9.86. The molecule has 0 bridgehead atoms. The Bertz CT molecular complexity index is 1040. The van der Waals surface area contributed by atoms with E-state index in [1.165, 1.54) is 4.31 Å². The first-order valence-electron chi connectivity index (χ1n) is 11.7. The van der Waals surface area contributed by atoms with E-state index >= 15 is 0 Å². The van der Waals surface area contributed by atoms with Gasteiger partial charge in [0.05, 0.1) is 11.5 Å². The average molecular weight is 473 g/mol. The van der Waals surface area contributed by atoms with Crippen LogP contribution >= 0.6 is 0 Å². The lowest BCUT2D eigenvalue weighted by molar-refractivity contribution is -0.130. The number of sulfonamides is 1. The Balaban J connectivity index is 1.44. The molecule has 0 aromatic heterocycles. The van der Waals surface area contributed by atoms with E-state index in [9.17, 15) is 13.2 Å². The first-order chi connectivity index (χ1) is 15.6. The molecule has 0 spiro atoms. The molecule has 1 aliphatic heterocycles. The van der Waals surface area contributed by atoms with Gasteiger partial charge in [-0.05, 0) is 68.9 Å². The molecule has 0 unspecified atom stereocenters. The molecule has 1 fully saturated rings. The Morgan fingerprint density at radius 3 is 2.42 bits per heavy atom. The third-order valence-corrected chi connectivity index (χ3v) is 8.25. The van der Waals surface area contributed by atoms with Crippen LogP contribution in [0.2, 0.25) is 0 Å². The summed E-state index contributed by atoms with van der Waals surface area (Å²) in [7, 11) is -3.48. The van der Waals surface area contributed by atoms with E-state index in [0.717, 1.165) is 23.3 Å². The molecule has 1 N–H and O–H groups in total. The number of amides is 1. The number of nitrogens with zero attached hydrogens (tertiary/aromatic N) is 1. The van der Waals surface area contributed by atoms with Crippen molar-refractivity contribution in [3.63, 3.8) is 0 Å². The molecule has 0 radical (unpaired) electrons. The van der Waals surface area contributed by atoms with Gasteiger partial charge in [0.2, 0.25) is 15.9 Å². The fourth-order valence-electron chi connectivity index (χ4n) is 4.04. The van der Waals surface area contributed by atoms with Crippen molar-refractivity contribution in [3.05, 3.63) is 59.7 Å². The van der Waals surface area contributed by atoms with E-state index < -0.39 is 15.4 Å². The largest absolute Gasteiger partial charge is 0.493 e. The van der Waals surface area contributed by atoms with E-state index in [1.807, 2.05) is 33.8 Å². The molecule has 180 valence electrons. The van der Waals surface area contributed by atoms with Crippen molar-refractivity contribution in [1.29, 1.82) is 0 Å². The average Bonchev–Trinajstić information content (AvgIpc) is 2.80. The van der Waals surface area contributed by atoms with E-state index in [1.54, 1.807) is 30.3 Å². The fraction of sp³-hybridized carbons (Fsp3) is 0.500.